The highest BCUT2D eigenvalue weighted by atomic mass is 16.4. The normalized spacial score (nSPS) is 9.81. The first kappa shape index (κ1) is 19.4. The van der Waals surface area contributed by atoms with Gasteiger partial charge in [-0.1, -0.05) is 18.2 Å². The number of hydrogen-bond donors (Lipinski definition) is 3. The maximum atomic E-state index is 10.6. The fourth-order valence-electron chi connectivity index (χ4n) is 2.19. The number of aromatic carboxylic acids is 3. The van der Waals surface area contributed by atoms with Crippen molar-refractivity contribution in [3.05, 3.63) is 83.2 Å². The molecule has 3 aromatic rings. The van der Waals surface area contributed by atoms with Crippen molar-refractivity contribution < 1.29 is 29.7 Å². The Hall–Kier alpha value is -3.94. The van der Waals surface area contributed by atoms with E-state index >= 15 is 0 Å². The Labute approximate surface area is 153 Å². The third-order valence-corrected chi connectivity index (χ3v) is 3.40. The summed E-state index contributed by atoms with van der Waals surface area (Å²) in [5.41, 5.74) is 1.51. The van der Waals surface area contributed by atoms with E-state index in [1.165, 1.54) is 22.9 Å². The van der Waals surface area contributed by atoms with E-state index in [1.54, 1.807) is 13.1 Å². The zero-order valence-electron chi connectivity index (χ0n) is 14.2. The van der Waals surface area contributed by atoms with Gasteiger partial charge in [-0.05, 0) is 48.9 Å². The lowest BCUT2D eigenvalue weighted by atomic mass is 10.1. The second-order valence-corrected chi connectivity index (χ2v) is 5.48. The fourth-order valence-corrected chi connectivity index (χ4v) is 2.19. The summed E-state index contributed by atoms with van der Waals surface area (Å²) in [6.07, 6.45) is 1.62. The van der Waals surface area contributed by atoms with E-state index in [1.807, 2.05) is 30.3 Å². The van der Waals surface area contributed by atoms with Gasteiger partial charge in [-0.25, -0.2) is 19.1 Å². The monoisotopic (exact) mass is 368 g/mol. The zero-order valence-corrected chi connectivity index (χ0v) is 14.2. The van der Waals surface area contributed by atoms with Crippen LogP contribution in [0.4, 0.5) is 0 Å². The lowest BCUT2D eigenvalue weighted by Gasteiger charge is -1.99. The molecule has 3 N–H and O–H groups in total. The molecule has 27 heavy (non-hydrogen) atoms. The van der Waals surface area contributed by atoms with E-state index in [4.69, 9.17) is 15.3 Å². The van der Waals surface area contributed by atoms with E-state index in [9.17, 15) is 14.4 Å². The first-order chi connectivity index (χ1) is 12.8. The molecule has 0 bridgehead atoms. The highest BCUT2D eigenvalue weighted by Crippen LogP contribution is 2.09. The number of nitrogens with zero attached hydrogens (tertiary/aromatic N) is 2. The van der Waals surface area contributed by atoms with Crippen LogP contribution in [0, 0.1) is 6.92 Å². The predicted octanol–water partition coefficient (Wildman–Crippen LogP) is 2.96. The van der Waals surface area contributed by atoms with Gasteiger partial charge in [-0.15, -0.1) is 0 Å². The van der Waals surface area contributed by atoms with Gasteiger partial charge in [-0.2, -0.15) is 5.10 Å². The summed E-state index contributed by atoms with van der Waals surface area (Å²) >= 11 is 0. The molecule has 0 fully saturated rings. The molecule has 0 saturated heterocycles. The van der Waals surface area contributed by atoms with Gasteiger partial charge in [0.25, 0.3) is 0 Å². The van der Waals surface area contributed by atoms with E-state index < -0.39 is 17.9 Å². The van der Waals surface area contributed by atoms with Gasteiger partial charge in [-0.3, -0.25) is 0 Å². The van der Waals surface area contributed by atoms with Crippen molar-refractivity contribution in [2.24, 2.45) is 0 Å². The van der Waals surface area contributed by atoms with Crippen molar-refractivity contribution >= 4 is 17.9 Å². The van der Waals surface area contributed by atoms with Crippen LogP contribution in [0.25, 0.3) is 5.69 Å². The molecule has 0 atom stereocenters. The number of para-hydroxylation sites is 1. The highest BCUT2D eigenvalue weighted by Gasteiger charge is 2.09. The molecule has 0 aliphatic heterocycles. The smallest absolute Gasteiger partial charge is 0.356 e. The van der Waals surface area contributed by atoms with Gasteiger partial charge in [0.2, 0.25) is 0 Å². The summed E-state index contributed by atoms with van der Waals surface area (Å²) in [5.74, 6) is -3.25. The molecule has 0 radical (unpaired) electrons. The van der Waals surface area contributed by atoms with Crippen LogP contribution < -0.4 is 0 Å². The minimum atomic E-state index is -1.12. The molecule has 2 aromatic carbocycles. The van der Waals surface area contributed by atoms with Crippen LogP contribution in [0.2, 0.25) is 0 Å². The summed E-state index contributed by atoms with van der Waals surface area (Å²) in [6.45, 7) is 1.65. The largest absolute Gasteiger partial charge is 0.478 e. The van der Waals surface area contributed by atoms with E-state index in [0.29, 0.717) is 5.56 Å². The maximum absolute atomic E-state index is 10.6. The summed E-state index contributed by atoms with van der Waals surface area (Å²) in [6, 6.07) is 14.8. The molecular weight excluding hydrogens is 352 g/mol. The number of hydrogen-bond acceptors (Lipinski definition) is 4. The van der Waals surface area contributed by atoms with Crippen molar-refractivity contribution in [2.45, 2.75) is 6.92 Å². The molecule has 0 unspecified atom stereocenters. The Morgan fingerprint density at radius 2 is 1.37 bits per heavy atom. The van der Waals surface area contributed by atoms with Gasteiger partial charge in [0.1, 0.15) is 0 Å². The molecule has 138 valence electrons. The summed E-state index contributed by atoms with van der Waals surface area (Å²) in [4.78, 5) is 31.6. The lowest BCUT2D eigenvalue weighted by molar-refractivity contribution is 0.0678. The topological polar surface area (TPSA) is 130 Å². The summed E-state index contributed by atoms with van der Waals surface area (Å²) in [5, 5.41) is 29.8. The third kappa shape index (κ3) is 5.27. The first-order valence-corrected chi connectivity index (χ1v) is 7.70. The van der Waals surface area contributed by atoms with Crippen molar-refractivity contribution in [2.75, 3.05) is 0 Å². The zero-order chi connectivity index (χ0) is 20.0. The average molecular weight is 368 g/mol. The summed E-state index contributed by atoms with van der Waals surface area (Å²) < 4.78 is 1.53. The van der Waals surface area contributed by atoms with Crippen LogP contribution in [0.3, 0.4) is 0 Å². The Morgan fingerprint density at radius 1 is 0.815 bits per heavy atom. The molecule has 3 rings (SSSR count). The quantitative estimate of drug-likeness (QED) is 0.645. The minimum absolute atomic E-state index is 0.00241. The number of carbonyl (C=O) groups is 3. The van der Waals surface area contributed by atoms with Gasteiger partial charge in [0, 0.05) is 6.20 Å². The van der Waals surface area contributed by atoms with Crippen LogP contribution >= 0.6 is 0 Å². The van der Waals surface area contributed by atoms with Gasteiger partial charge < -0.3 is 15.3 Å². The number of aryl methyl sites for hydroxylation is 1. The molecular formula is C19H16N2O6. The second kappa shape index (κ2) is 8.43. The number of aromatic nitrogens is 2. The predicted molar refractivity (Wildman–Crippen MR) is 95.6 cm³/mol. The van der Waals surface area contributed by atoms with Crippen molar-refractivity contribution in [3.8, 4) is 5.69 Å². The molecule has 0 aliphatic rings. The number of rotatable bonds is 4. The molecule has 0 saturated carbocycles. The Bertz CT molecular complexity index is 947. The molecule has 8 nitrogen and oxygen atoms in total. The second-order valence-electron chi connectivity index (χ2n) is 5.48. The van der Waals surface area contributed by atoms with Crippen LogP contribution in [0.5, 0.6) is 0 Å². The van der Waals surface area contributed by atoms with E-state index in [-0.39, 0.29) is 16.8 Å². The molecule has 0 spiro atoms. The van der Waals surface area contributed by atoms with Crippen LogP contribution in [-0.2, 0) is 0 Å². The maximum Gasteiger partial charge on any atom is 0.356 e. The van der Waals surface area contributed by atoms with E-state index in [2.05, 4.69) is 5.10 Å². The standard InChI is InChI=1S/C10H8N2O2.C9H8O4/c13-10(14)9-6-7-12(11-9)8-4-2-1-3-5-8;1-5-2-6(8(10)11)4-7(3-5)9(12)13/h1-7H,(H,13,14);2-4H,1H3,(H,10,11)(H,12,13). The Morgan fingerprint density at radius 3 is 1.81 bits per heavy atom. The number of carboxylic acids is 3. The Kier molecular flexibility index (Phi) is 6.06. The van der Waals surface area contributed by atoms with Crippen molar-refractivity contribution in [1.29, 1.82) is 0 Å². The van der Waals surface area contributed by atoms with Gasteiger partial charge in [0.05, 0.1) is 16.8 Å². The van der Waals surface area contributed by atoms with Crippen LogP contribution in [0.1, 0.15) is 36.8 Å². The van der Waals surface area contributed by atoms with Crippen molar-refractivity contribution in [3.63, 3.8) is 0 Å². The van der Waals surface area contributed by atoms with Crippen LogP contribution in [-0.4, -0.2) is 43.0 Å². The fraction of sp³-hybridized carbons (Fsp3) is 0.0526. The molecule has 0 aliphatic carbocycles. The number of benzene rings is 2. The Balaban J connectivity index is 0.000000194. The van der Waals surface area contributed by atoms with Gasteiger partial charge >= 0.3 is 17.9 Å². The lowest BCUT2D eigenvalue weighted by Crippen LogP contribution is -2.02. The molecule has 0 amide bonds. The highest BCUT2D eigenvalue weighted by molar-refractivity contribution is 5.94. The number of carboxylic acid groups (broad SMARTS) is 3. The first-order valence-electron chi connectivity index (χ1n) is 7.70. The SMILES string of the molecule is Cc1cc(C(=O)O)cc(C(=O)O)c1.O=C(O)c1ccn(-c2ccccc2)n1. The minimum Gasteiger partial charge on any atom is -0.478 e. The summed E-state index contributed by atoms with van der Waals surface area (Å²) in [7, 11) is 0. The van der Waals surface area contributed by atoms with Gasteiger partial charge in [0.15, 0.2) is 5.69 Å². The third-order valence-electron chi connectivity index (χ3n) is 3.40. The van der Waals surface area contributed by atoms with E-state index in [0.717, 1.165) is 11.8 Å². The van der Waals surface area contributed by atoms with Crippen molar-refractivity contribution in [1.82, 2.24) is 9.78 Å². The average Bonchev–Trinajstić information content (AvgIpc) is 3.13. The molecule has 1 heterocycles. The molecule has 1 aromatic heterocycles. The molecule has 8 heteroatoms. The van der Waals surface area contributed by atoms with Crippen LogP contribution in [0.15, 0.2) is 60.8 Å².